The predicted molar refractivity (Wildman–Crippen MR) is 112 cm³/mol. The van der Waals surface area contributed by atoms with Crippen molar-refractivity contribution in [1.29, 1.82) is 0 Å². The SMILES string of the molecule is Cc1ccc(-c2nc(CC(=O)N3CC(N)Cc4ccccc43)cs2)o1.O=C(O)C(F)(F)F. The average Bonchev–Trinajstić information content (AvgIpc) is 3.36. The van der Waals surface area contributed by atoms with Gasteiger partial charge in [-0.05, 0) is 37.1 Å². The molecule has 0 radical (unpaired) electrons. The molecule has 3 aromatic rings. The van der Waals surface area contributed by atoms with Crippen molar-refractivity contribution in [2.45, 2.75) is 32.0 Å². The van der Waals surface area contributed by atoms with Gasteiger partial charge >= 0.3 is 12.1 Å². The summed E-state index contributed by atoms with van der Waals surface area (Å²) < 4.78 is 37.3. The monoisotopic (exact) mass is 467 g/mol. The van der Waals surface area contributed by atoms with Gasteiger partial charge in [0, 0.05) is 23.7 Å². The van der Waals surface area contributed by atoms with Crippen molar-refractivity contribution in [1.82, 2.24) is 4.98 Å². The number of anilines is 1. The van der Waals surface area contributed by atoms with Gasteiger partial charge in [0.05, 0.1) is 12.1 Å². The van der Waals surface area contributed by atoms with Gasteiger partial charge in [-0.1, -0.05) is 18.2 Å². The second-order valence-electron chi connectivity index (χ2n) is 7.13. The molecule has 4 rings (SSSR count). The van der Waals surface area contributed by atoms with E-state index in [4.69, 9.17) is 20.1 Å². The molecule has 0 spiro atoms. The van der Waals surface area contributed by atoms with Gasteiger partial charge in [0.15, 0.2) is 10.8 Å². The molecule has 0 saturated carbocycles. The number of para-hydroxylation sites is 1. The van der Waals surface area contributed by atoms with Crippen LogP contribution in [0.4, 0.5) is 18.9 Å². The van der Waals surface area contributed by atoms with Gasteiger partial charge in [-0.2, -0.15) is 13.2 Å². The minimum Gasteiger partial charge on any atom is -0.475 e. The second kappa shape index (κ2) is 9.53. The van der Waals surface area contributed by atoms with Gasteiger partial charge in [-0.15, -0.1) is 11.3 Å². The molecule has 7 nitrogen and oxygen atoms in total. The molecule has 3 heterocycles. The highest BCUT2D eigenvalue weighted by Crippen LogP contribution is 2.29. The molecular formula is C21H20F3N3O4S. The van der Waals surface area contributed by atoms with Crippen LogP contribution in [0.2, 0.25) is 0 Å². The Labute approximate surface area is 185 Å². The summed E-state index contributed by atoms with van der Waals surface area (Å²) >= 11 is 1.49. The molecule has 0 saturated heterocycles. The lowest BCUT2D eigenvalue weighted by molar-refractivity contribution is -0.192. The number of aromatic nitrogens is 1. The number of carboxylic acid groups (broad SMARTS) is 1. The van der Waals surface area contributed by atoms with Gasteiger partial charge in [0.25, 0.3) is 0 Å². The molecule has 170 valence electrons. The molecule has 1 aromatic carbocycles. The third-order valence-electron chi connectivity index (χ3n) is 4.56. The number of fused-ring (bicyclic) bond motifs is 1. The number of furan rings is 1. The zero-order chi connectivity index (χ0) is 23.5. The van der Waals surface area contributed by atoms with E-state index in [0.717, 1.165) is 39.9 Å². The van der Waals surface area contributed by atoms with Crippen LogP contribution in [0.1, 0.15) is 17.0 Å². The molecule has 11 heteroatoms. The van der Waals surface area contributed by atoms with Crippen molar-refractivity contribution in [3.05, 3.63) is 58.8 Å². The molecule has 32 heavy (non-hydrogen) atoms. The molecule has 1 atom stereocenters. The molecule has 1 aliphatic heterocycles. The van der Waals surface area contributed by atoms with E-state index < -0.39 is 12.1 Å². The predicted octanol–water partition coefficient (Wildman–Crippen LogP) is 3.80. The van der Waals surface area contributed by atoms with Gasteiger partial charge in [-0.3, -0.25) is 4.79 Å². The third kappa shape index (κ3) is 5.74. The van der Waals surface area contributed by atoms with Crippen LogP contribution in [0, 0.1) is 6.92 Å². The highest BCUT2D eigenvalue weighted by Gasteiger charge is 2.38. The van der Waals surface area contributed by atoms with Crippen LogP contribution in [-0.2, 0) is 22.4 Å². The number of carbonyl (C=O) groups excluding carboxylic acids is 1. The number of thiazole rings is 1. The van der Waals surface area contributed by atoms with E-state index in [1.54, 1.807) is 4.90 Å². The summed E-state index contributed by atoms with van der Waals surface area (Å²) in [7, 11) is 0. The maximum Gasteiger partial charge on any atom is 0.490 e. The lowest BCUT2D eigenvalue weighted by atomic mass is 9.98. The minimum atomic E-state index is -5.08. The van der Waals surface area contributed by atoms with Gasteiger partial charge in [0.1, 0.15) is 5.76 Å². The second-order valence-corrected chi connectivity index (χ2v) is 7.99. The molecule has 1 amide bonds. The third-order valence-corrected chi connectivity index (χ3v) is 5.47. The standard InChI is InChI=1S/C19H19N3O2S.C2HF3O2/c1-12-6-7-17(24-12)19-21-15(11-25-19)9-18(23)22-10-14(20)8-13-4-2-3-5-16(13)22;3-2(4,5)1(6)7/h2-7,11,14H,8-10,20H2,1H3;(H,6,7). The van der Waals surface area contributed by atoms with E-state index in [-0.39, 0.29) is 18.4 Å². The summed E-state index contributed by atoms with van der Waals surface area (Å²) in [5.74, 6) is -1.14. The van der Waals surface area contributed by atoms with Gasteiger partial charge in [-0.25, -0.2) is 9.78 Å². The average molecular weight is 467 g/mol. The van der Waals surface area contributed by atoms with Crippen LogP contribution >= 0.6 is 11.3 Å². The fraction of sp³-hybridized carbons (Fsp3) is 0.286. The number of hydrogen-bond donors (Lipinski definition) is 2. The number of aliphatic carboxylic acids is 1. The maximum absolute atomic E-state index is 12.8. The van der Waals surface area contributed by atoms with Gasteiger partial charge < -0.3 is 20.2 Å². The Morgan fingerprint density at radius 3 is 2.59 bits per heavy atom. The first kappa shape index (κ1) is 23.5. The number of aryl methyl sites for hydroxylation is 1. The number of rotatable bonds is 3. The number of carboxylic acids is 1. The van der Waals surface area contributed by atoms with Crippen LogP contribution in [0.25, 0.3) is 10.8 Å². The fourth-order valence-corrected chi connectivity index (χ4v) is 3.94. The first-order valence-corrected chi connectivity index (χ1v) is 10.4. The van der Waals surface area contributed by atoms with Crippen LogP contribution in [0.5, 0.6) is 0 Å². The zero-order valence-corrected chi connectivity index (χ0v) is 17.7. The topological polar surface area (TPSA) is 110 Å². The highest BCUT2D eigenvalue weighted by atomic mass is 32.1. The number of hydrogen-bond acceptors (Lipinski definition) is 6. The summed E-state index contributed by atoms with van der Waals surface area (Å²) in [5, 5.41) is 9.84. The van der Waals surface area contributed by atoms with E-state index in [0.29, 0.717) is 6.54 Å². The summed E-state index contributed by atoms with van der Waals surface area (Å²) in [6.45, 7) is 2.45. The first-order valence-electron chi connectivity index (χ1n) is 9.49. The lowest BCUT2D eigenvalue weighted by Gasteiger charge is -2.33. The van der Waals surface area contributed by atoms with Gasteiger partial charge in [0.2, 0.25) is 5.91 Å². The normalized spacial score (nSPS) is 15.5. The Morgan fingerprint density at radius 1 is 1.28 bits per heavy atom. The van der Waals surface area contributed by atoms with Crippen LogP contribution in [0.3, 0.4) is 0 Å². The smallest absolute Gasteiger partial charge is 0.475 e. The number of benzene rings is 1. The molecular weight excluding hydrogens is 447 g/mol. The van der Waals surface area contributed by atoms with Crippen molar-refractivity contribution in [3.8, 4) is 10.8 Å². The summed E-state index contributed by atoms with van der Waals surface area (Å²) in [5.41, 5.74) is 8.98. The Balaban J connectivity index is 0.000000360. The maximum atomic E-state index is 12.8. The largest absolute Gasteiger partial charge is 0.490 e. The summed E-state index contributed by atoms with van der Waals surface area (Å²) in [6.07, 6.45) is -4.02. The number of carbonyl (C=O) groups is 2. The van der Waals surface area contributed by atoms with Crippen molar-refractivity contribution < 1.29 is 32.3 Å². The molecule has 0 bridgehead atoms. The van der Waals surface area contributed by atoms with Crippen LogP contribution in [-0.4, -0.2) is 40.7 Å². The van der Waals surface area contributed by atoms with E-state index in [9.17, 15) is 18.0 Å². The number of nitrogens with two attached hydrogens (primary N) is 1. The summed E-state index contributed by atoms with van der Waals surface area (Å²) in [6, 6.07) is 11.7. The Hall–Kier alpha value is -3.18. The Kier molecular flexibility index (Phi) is 6.99. The lowest BCUT2D eigenvalue weighted by Crippen LogP contribution is -2.46. The van der Waals surface area contributed by atoms with E-state index in [1.807, 2.05) is 48.7 Å². The highest BCUT2D eigenvalue weighted by molar-refractivity contribution is 7.13. The van der Waals surface area contributed by atoms with Crippen LogP contribution < -0.4 is 10.6 Å². The molecule has 1 aliphatic rings. The fourth-order valence-electron chi connectivity index (χ4n) is 3.16. The minimum absolute atomic E-state index is 0.0232. The van der Waals surface area contributed by atoms with E-state index >= 15 is 0 Å². The Bertz CT molecular complexity index is 1110. The Morgan fingerprint density at radius 2 is 1.97 bits per heavy atom. The van der Waals surface area contributed by atoms with Crippen molar-refractivity contribution >= 4 is 28.9 Å². The first-order chi connectivity index (χ1) is 15.0. The van der Waals surface area contributed by atoms with Crippen molar-refractivity contribution in [3.63, 3.8) is 0 Å². The number of nitrogens with zero attached hydrogens (tertiary/aromatic N) is 2. The van der Waals surface area contributed by atoms with Crippen molar-refractivity contribution in [2.75, 3.05) is 11.4 Å². The number of amides is 1. The quantitative estimate of drug-likeness (QED) is 0.606. The van der Waals surface area contributed by atoms with Crippen LogP contribution in [0.15, 0.2) is 46.2 Å². The molecule has 0 fully saturated rings. The van der Waals surface area contributed by atoms with E-state index in [1.165, 1.54) is 11.3 Å². The molecule has 3 N–H and O–H groups in total. The summed E-state index contributed by atoms with van der Waals surface area (Å²) in [4.78, 5) is 28.1. The zero-order valence-electron chi connectivity index (χ0n) is 16.9. The van der Waals surface area contributed by atoms with E-state index in [2.05, 4.69) is 4.98 Å². The molecule has 1 unspecified atom stereocenters. The van der Waals surface area contributed by atoms with Crippen molar-refractivity contribution in [2.24, 2.45) is 5.73 Å². The number of halogens is 3. The molecule has 2 aromatic heterocycles. The molecule has 0 aliphatic carbocycles. The number of alkyl halides is 3.